The number of nitrogens with zero attached hydrogens (tertiary/aromatic N) is 2. The van der Waals surface area contributed by atoms with Crippen LogP contribution >= 0.6 is 11.3 Å². The number of carbonyl (C=O) groups excluding carboxylic acids is 3. The first-order valence-corrected chi connectivity index (χ1v) is 10.5. The summed E-state index contributed by atoms with van der Waals surface area (Å²) in [6, 6.07) is 18.5. The van der Waals surface area contributed by atoms with E-state index in [1.54, 1.807) is 60.7 Å². The lowest BCUT2D eigenvalue weighted by Crippen LogP contribution is -2.29. The van der Waals surface area contributed by atoms with Crippen LogP contribution in [0.5, 0.6) is 5.75 Å². The van der Waals surface area contributed by atoms with E-state index in [1.807, 2.05) is 6.07 Å². The summed E-state index contributed by atoms with van der Waals surface area (Å²) in [5.74, 6) is -0.232. The van der Waals surface area contributed by atoms with Gasteiger partial charge < -0.3 is 15.4 Å². The van der Waals surface area contributed by atoms with Crippen LogP contribution in [0.15, 0.2) is 66.7 Å². The molecule has 2 heterocycles. The minimum Gasteiger partial charge on any atom is -0.495 e. The van der Waals surface area contributed by atoms with Gasteiger partial charge in [0.15, 0.2) is 0 Å². The molecule has 3 aromatic carbocycles. The fourth-order valence-corrected chi connectivity index (χ4v) is 4.48. The first-order chi connectivity index (χ1) is 15.5. The molecule has 32 heavy (non-hydrogen) atoms. The van der Waals surface area contributed by atoms with Gasteiger partial charge in [0.05, 0.1) is 34.1 Å². The van der Waals surface area contributed by atoms with E-state index in [-0.39, 0.29) is 11.8 Å². The van der Waals surface area contributed by atoms with Crippen LogP contribution in [-0.4, -0.2) is 29.9 Å². The van der Waals surface area contributed by atoms with Crippen LogP contribution < -0.4 is 20.3 Å². The third kappa shape index (κ3) is 3.34. The summed E-state index contributed by atoms with van der Waals surface area (Å²) in [4.78, 5) is 43.4. The predicted octanol–water partition coefficient (Wildman–Crippen LogP) is 4.75. The van der Waals surface area contributed by atoms with Crippen molar-refractivity contribution in [1.82, 2.24) is 4.98 Å². The molecule has 0 radical (unpaired) electrons. The Morgan fingerprint density at radius 1 is 0.938 bits per heavy atom. The van der Waals surface area contributed by atoms with Crippen LogP contribution in [0.3, 0.4) is 0 Å². The Bertz CT molecular complexity index is 1360. The molecular formula is C23H16N4O4S. The van der Waals surface area contributed by atoms with Crippen LogP contribution in [-0.2, 0) is 0 Å². The van der Waals surface area contributed by atoms with E-state index in [0.29, 0.717) is 38.9 Å². The van der Waals surface area contributed by atoms with Gasteiger partial charge in [0.25, 0.3) is 11.8 Å². The maximum absolute atomic E-state index is 12.7. The predicted molar refractivity (Wildman–Crippen MR) is 123 cm³/mol. The normalized spacial score (nSPS) is 12.7. The highest BCUT2D eigenvalue weighted by atomic mass is 32.1. The summed E-state index contributed by atoms with van der Waals surface area (Å²) < 4.78 is 5.97. The first kappa shape index (κ1) is 19.7. The van der Waals surface area contributed by atoms with Crippen LogP contribution in [0.2, 0.25) is 0 Å². The molecule has 0 fully saturated rings. The number of carbonyl (C=O) groups is 3. The second kappa shape index (κ2) is 7.78. The average Bonchev–Trinajstić information content (AvgIpc) is 3.32. The van der Waals surface area contributed by atoms with E-state index in [0.717, 1.165) is 9.60 Å². The van der Waals surface area contributed by atoms with Crippen molar-refractivity contribution >= 4 is 55.9 Å². The highest BCUT2D eigenvalue weighted by molar-refractivity contribution is 7.22. The number of hydrogen-bond acceptors (Lipinski definition) is 6. The molecule has 2 N–H and O–H groups in total. The van der Waals surface area contributed by atoms with Gasteiger partial charge in [-0.2, -0.15) is 0 Å². The molecule has 0 bridgehead atoms. The van der Waals surface area contributed by atoms with Gasteiger partial charge in [0, 0.05) is 5.69 Å². The molecule has 1 aliphatic rings. The Labute approximate surface area is 186 Å². The van der Waals surface area contributed by atoms with Crippen molar-refractivity contribution in [3.63, 3.8) is 0 Å². The summed E-state index contributed by atoms with van der Waals surface area (Å²) in [7, 11) is 1.53. The topological polar surface area (TPSA) is 101 Å². The van der Waals surface area contributed by atoms with Crippen molar-refractivity contribution in [2.45, 2.75) is 0 Å². The molecule has 0 aliphatic carbocycles. The quantitative estimate of drug-likeness (QED) is 0.443. The number of fused-ring (bicyclic) bond motifs is 2. The van der Waals surface area contributed by atoms with Crippen LogP contribution in [0.1, 0.15) is 20.7 Å². The number of hydrogen-bond donors (Lipinski definition) is 2. The van der Waals surface area contributed by atoms with E-state index in [2.05, 4.69) is 15.6 Å². The number of aromatic nitrogens is 1. The van der Waals surface area contributed by atoms with Crippen molar-refractivity contribution in [3.05, 3.63) is 77.9 Å². The largest absolute Gasteiger partial charge is 0.495 e. The molecule has 0 spiro atoms. The smallest absolute Gasteiger partial charge is 0.323 e. The molecule has 4 amide bonds. The summed E-state index contributed by atoms with van der Waals surface area (Å²) in [6.07, 6.45) is 0. The molecule has 0 unspecified atom stereocenters. The third-order valence-electron chi connectivity index (χ3n) is 4.98. The molecule has 9 heteroatoms. The summed E-state index contributed by atoms with van der Waals surface area (Å²) >= 11 is 1.21. The van der Waals surface area contributed by atoms with Crippen LogP contribution in [0, 0.1) is 0 Å². The summed E-state index contributed by atoms with van der Waals surface area (Å²) in [5, 5.41) is 5.81. The van der Waals surface area contributed by atoms with Gasteiger partial charge in [-0.3, -0.25) is 9.59 Å². The van der Waals surface area contributed by atoms with Gasteiger partial charge in [0.1, 0.15) is 5.75 Å². The van der Waals surface area contributed by atoms with E-state index >= 15 is 0 Å². The van der Waals surface area contributed by atoms with E-state index < -0.39 is 6.03 Å². The van der Waals surface area contributed by atoms with Crippen LogP contribution in [0.4, 0.5) is 21.3 Å². The fraction of sp³-hybridized carbons (Fsp3) is 0.0435. The van der Waals surface area contributed by atoms with Crippen molar-refractivity contribution < 1.29 is 19.1 Å². The number of ether oxygens (including phenoxy) is 1. The zero-order valence-corrected chi connectivity index (χ0v) is 17.6. The lowest BCUT2D eigenvalue weighted by atomic mass is 10.1. The lowest BCUT2D eigenvalue weighted by Gasteiger charge is -2.10. The van der Waals surface area contributed by atoms with E-state index in [4.69, 9.17) is 4.74 Å². The molecule has 158 valence electrons. The number of imide groups is 1. The molecule has 0 atom stereocenters. The van der Waals surface area contributed by atoms with E-state index in [1.165, 1.54) is 18.4 Å². The molecule has 8 nitrogen and oxygen atoms in total. The SMILES string of the molecule is COc1ccccc1NC(=O)Nc1ccc2nc(N3C(=O)c4ccccc4C3=O)sc2c1. The van der Waals surface area contributed by atoms with Gasteiger partial charge in [-0.25, -0.2) is 14.7 Å². The number of urea groups is 1. The van der Waals surface area contributed by atoms with Gasteiger partial charge in [-0.1, -0.05) is 35.6 Å². The summed E-state index contributed by atoms with van der Waals surface area (Å²) in [6.45, 7) is 0. The monoisotopic (exact) mass is 444 g/mol. The van der Waals surface area contributed by atoms with Crippen molar-refractivity contribution in [3.8, 4) is 5.75 Å². The number of anilines is 3. The summed E-state index contributed by atoms with van der Waals surface area (Å²) in [5.41, 5.74) is 2.44. The number of methoxy groups -OCH3 is 1. The standard InChI is InChI=1S/C23H16N4O4S/c1-31-18-9-5-4-8-16(18)25-22(30)24-13-10-11-17-19(12-13)32-23(26-17)27-20(28)14-6-2-3-7-15(14)21(27)29/h2-12H,1H3,(H2,24,25,30). The molecule has 0 saturated carbocycles. The maximum Gasteiger partial charge on any atom is 0.323 e. The zero-order chi connectivity index (χ0) is 22.2. The molecule has 1 aliphatic heterocycles. The molecule has 4 aromatic rings. The fourth-order valence-electron chi connectivity index (χ4n) is 3.48. The number of rotatable bonds is 4. The molecule has 1 aromatic heterocycles. The Kier molecular flexibility index (Phi) is 4.79. The average molecular weight is 444 g/mol. The number of nitrogens with one attached hydrogen (secondary N) is 2. The van der Waals surface area contributed by atoms with Crippen molar-refractivity contribution in [2.24, 2.45) is 0 Å². The second-order valence-electron chi connectivity index (χ2n) is 6.95. The number of para-hydroxylation sites is 2. The minimum atomic E-state index is -0.432. The van der Waals surface area contributed by atoms with Crippen LogP contribution in [0.25, 0.3) is 10.2 Å². The zero-order valence-electron chi connectivity index (χ0n) is 16.8. The molecular weight excluding hydrogens is 428 g/mol. The van der Waals surface area contributed by atoms with Gasteiger partial charge in [-0.15, -0.1) is 0 Å². The lowest BCUT2D eigenvalue weighted by molar-refractivity contribution is 0.0926. The Hall–Kier alpha value is -4.24. The second-order valence-corrected chi connectivity index (χ2v) is 7.96. The number of thiazole rings is 1. The van der Waals surface area contributed by atoms with Gasteiger partial charge >= 0.3 is 6.03 Å². The minimum absolute atomic E-state index is 0.293. The first-order valence-electron chi connectivity index (χ1n) is 9.64. The van der Waals surface area contributed by atoms with Crippen molar-refractivity contribution in [1.29, 1.82) is 0 Å². The number of benzene rings is 3. The molecule has 5 rings (SSSR count). The third-order valence-corrected chi connectivity index (χ3v) is 5.98. The Balaban J connectivity index is 1.37. The Morgan fingerprint density at radius 3 is 2.34 bits per heavy atom. The highest BCUT2D eigenvalue weighted by Crippen LogP contribution is 2.35. The highest BCUT2D eigenvalue weighted by Gasteiger charge is 2.38. The van der Waals surface area contributed by atoms with E-state index in [9.17, 15) is 14.4 Å². The van der Waals surface area contributed by atoms with Gasteiger partial charge in [-0.05, 0) is 42.5 Å². The van der Waals surface area contributed by atoms with Gasteiger partial charge in [0.2, 0.25) is 5.13 Å². The van der Waals surface area contributed by atoms with Crippen molar-refractivity contribution in [2.75, 3.05) is 22.6 Å². The molecule has 0 saturated heterocycles. The maximum atomic E-state index is 12.7. The number of amides is 4. The Morgan fingerprint density at radius 2 is 1.62 bits per heavy atom.